The van der Waals surface area contributed by atoms with Gasteiger partial charge in [0.25, 0.3) is 0 Å². The van der Waals surface area contributed by atoms with E-state index in [2.05, 4.69) is 63.4 Å². The van der Waals surface area contributed by atoms with Gasteiger partial charge in [0, 0.05) is 11.0 Å². The summed E-state index contributed by atoms with van der Waals surface area (Å²) in [6.07, 6.45) is 5.27. The van der Waals surface area contributed by atoms with Crippen LogP contribution >= 0.6 is 22.6 Å². The molecule has 0 radical (unpaired) electrons. The zero-order valence-electron chi connectivity index (χ0n) is 12.6. The summed E-state index contributed by atoms with van der Waals surface area (Å²) in [7, 11) is -1.51. The van der Waals surface area contributed by atoms with E-state index in [0.29, 0.717) is 5.04 Å². The van der Waals surface area contributed by atoms with E-state index < -0.39 is 8.32 Å². The summed E-state index contributed by atoms with van der Waals surface area (Å²) < 4.78 is 7.50. The summed E-state index contributed by atoms with van der Waals surface area (Å²) in [5.74, 6) is 0.906. The summed E-state index contributed by atoms with van der Waals surface area (Å²) in [4.78, 5) is 0. The lowest BCUT2D eigenvalue weighted by atomic mass is 10.0. The average molecular weight is 370 g/mol. The van der Waals surface area contributed by atoms with Gasteiger partial charge in [-0.2, -0.15) is 0 Å². The molecule has 0 spiro atoms. The van der Waals surface area contributed by atoms with E-state index >= 15 is 0 Å². The van der Waals surface area contributed by atoms with E-state index in [0.717, 1.165) is 12.5 Å². The van der Waals surface area contributed by atoms with Crippen molar-refractivity contribution < 1.29 is 4.43 Å². The van der Waals surface area contributed by atoms with Crippen molar-refractivity contribution in [2.45, 2.75) is 71.5 Å². The molecule has 0 aromatic heterocycles. The largest absolute Gasteiger partial charge is 0.417 e. The Morgan fingerprint density at radius 2 is 1.76 bits per heavy atom. The van der Waals surface area contributed by atoms with Crippen molar-refractivity contribution in [3.63, 3.8) is 0 Å². The standard InChI is InChI=1S/C14H31IOSi/c1-7-9-13(12-15)10-8-11-16-17(5,6)14(2,3)4/h13H,7-12H2,1-6H3/t13-/m1/s1. The van der Waals surface area contributed by atoms with Crippen LogP contribution in [0.3, 0.4) is 0 Å². The van der Waals surface area contributed by atoms with E-state index in [1.54, 1.807) is 0 Å². The molecule has 0 bridgehead atoms. The van der Waals surface area contributed by atoms with Gasteiger partial charge in [-0.1, -0.05) is 56.7 Å². The van der Waals surface area contributed by atoms with Crippen molar-refractivity contribution in [2.75, 3.05) is 11.0 Å². The van der Waals surface area contributed by atoms with Gasteiger partial charge in [-0.25, -0.2) is 0 Å². The monoisotopic (exact) mass is 370 g/mol. The van der Waals surface area contributed by atoms with Gasteiger partial charge in [0.2, 0.25) is 0 Å². The third-order valence-electron chi connectivity index (χ3n) is 3.94. The normalized spacial score (nSPS) is 15.0. The average Bonchev–Trinajstić information content (AvgIpc) is 2.21. The molecule has 0 rings (SSSR count). The zero-order valence-corrected chi connectivity index (χ0v) is 15.8. The Morgan fingerprint density at radius 3 is 2.18 bits per heavy atom. The topological polar surface area (TPSA) is 9.23 Å². The smallest absolute Gasteiger partial charge is 0.191 e. The Morgan fingerprint density at radius 1 is 1.18 bits per heavy atom. The first-order chi connectivity index (χ1) is 7.74. The lowest BCUT2D eigenvalue weighted by molar-refractivity contribution is 0.269. The van der Waals surface area contributed by atoms with E-state index in [1.165, 1.54) is 30.1 Å². The summed E-state index contributed by atoms with van der Waals surface area (Å²) in [5.41, 5.74) is 0. The van der Waals surface area contributed by atoms with Crippen LogP contribution in [0.4, 0.5) is 0 Å². The summed E-state index contributed by atoms with van der Waals surface area (Å²) in [6.45, 7) is 14.9. The first kappa shape index (κ1) is 17.9. The molecule has 0 fully saturated rings. The minimum atomic E-state index is -1.51. The summed E-state index contributed by atoms with van der Waals surface area (Å²) >= 11 is 2.52. The lowest BCUT2D eigenvalue weighted by Crippen LogP contribution is -2.41. The Kier molecular flexibility index (Phi) is 8.59. The fourth-order valence-electron chi connectivity index (χ4n) is 1.62. The molecule has 3 heteroatoms. The molecule has 0 aliphatic heterocycles. The summed E-state index contributed by atoms with van der Waals surface area (Å²) in [5, 5.41) is 0.346. The minimum absolute atomic E-state index is 0.346. The molecule has 17 heavy (non-hydrogen) atoms. The van der Waals surface area contributed by atoms with Crippen molar-refractivity contribution in [1.82, 2.24) is 0 Å². The van der Waals surface area contributed by atoms with E-state index in [4.69, 9.17) is 4.43 Å². The van der Waals surface area contributed by atoms with E-state index in [-0.39, 0.29) is 0 Å². The molecule has 0 N–H and O–H groups in total. The number of rotatable bonds is 8. The molecule has 0 unspecified atom stereocenters. The molecule has 0 aromatic carbocycles. The molecular weight excluding hydrogens is 339 g/mol. The van der Waals surface area contributed by atoms with Gasteiger partial charge < -0.3 is 4.43 Å². The Bertz CT molecular complexity index is 199. The van der Waals surface area contributed by atoms with Crippen LogP contribution in [0.1, 0.15) is 53.4 Å². The van der Waals surface area contributed by atoms with Crippen molar-refractivity contribution in [3.8, 4) is 0 Å². The molecule has 0 aliphatic carbocycles. The molecule has 0 amide bonds. The van der Waals surface area contributed by atoms with Gasteiger partial charge in [-0.3, -0.25) is 0 Å². The van der Waals surface area contributed by atoms with Crippen LogP contribution < -0.4 is 0 Å². The molecule has 0 heterocycles. The molecule has 0 saturated carbocycles. The maximum absolute atomic E-state index is 6.20. The number of halogens is 1. The third-order valence-corrected chi connectivity index (χ3v) is 9.72. The highest BCUT2D eigenvalue weighted by Crippen LogP contribution is 2.36. The van der Waals surface area contributed by atoms with Gasteiger partial charge in [0.15, 0.2) is 8.32 Å². The van der Waals surface area contributed by atoms with Crippen LogP contribution in [0.25, 0.3) is 0 Å². The van der Waals surface area contributed by atoms with Crippen LogP contribution in [0.2, 0.25) is 18.1 Å². The highest BCUT2D eigenvalue weighted by molar-refractivity contribution is 14.1. The minimum Gasteiger partial charge on any atom is -0.417 e. The maximum atomic E-state index is 6.20. The number of hydrogen-bond donors (Lipinski definition) is 0. The quantitative estimate of drug-likeness (QED) is 0.233. The fraction of sp³-hybridized carbons (Fsp3) is 1.00. The van der Waals surface area contributed by atoms with Gasteiger partial charge in [-0.05, 0) is 43.3 Å². The van der Waals surface area contributed by atoms with Gasteiger partial charge in [0.05, 0.1) is 0 Å². The van der Waals surface area contributed by atoms with Crippen LogP contribution in [0, 0.1) is 5.92 Å². The Balaban J connectivity index is 3.84. The van der Waals surface area contributed by atoms with Crippen LogP contribution in [-0.2, 0) is 4.43 Å². The maximum Gasteiger partial charge on any atom is 0.191 e. The fourth-order valence-corrected chi connectivity index (χ4v) is 3.59. The molecular formula is C14H31IOSi. The lowest BCUT2D eigenvalue weighted by Gasteiger charge is -2.36. The Labute approximate surface area is 123 Å². The third kappa shape index (κ3) is 7.16. The second-order valence-corrected chi connectivity index (χ2v) is 12.3. The van der Waals surface area contributed by atoms with Crippen molar-refractivity contribution in [2.24, 2.45) is 5.92 Å². The van der Waals surface area contributed by atoms with Gasteiger partial charge in [-0.15, -0.1) is 0 Å². The highest BCUT2D eigenvalue weighted by Gasteiger charge is 2.36. The molecule has 0 aromatic rings. The second kappa shape index (κ2) is 8.15. The molecule has 0 aliphatic rings. The molecule has 104 valence electrons. The van der Waals surface area contributed by atoms with Crippen LogP contribution in [0.15, 0.2) is 0 Å². The van der Waals surface area contributed by atoms with Crippen molar-refractivity contribution >= 4 is 30.9 Å². The SMILES string of the molecule is CCC[C@@H](CI)CCCO[Si](C)(C)C(C)(C)C. The zero-order chi connectivity index (χ0) is 13.5. The highest BCUT2D eigenvalue weighted by atomic mass is 127. The van der Waals surface area contributed by atoms with Crippen LogP contribution in [0.5, 0.6) is 0 Å². The Hall–Kier alpha value is 0.907. The van der Waals surface area contributed by atoms with E-state index in [1.807, 2.05) is 0 Å². The molecule has 1 nitrogen and oxygen atoms in total. The second-order valence-electron chi connectivity index (χ2n) is 6.56. The van der Waals surface area contributed by atoms with Gasteiger partial charge in [0.1, 0.15) is 0 Å². The summed E-state index contributed by atoms with van der Waals surface area (Å²) in [6, 6.07) is 0. The predicted molar refractivity (Wildman–Crippen MR) is 89.7 cm³/mol. The van der Waals surface area contributed by atoms with Crippen LogP contribution in [-0.4, -0.2) is 19.4 Å². The number of hydrogen-bond acceptors (Lipinski definition) is 1. The predicted octanol–water partition coefficient (Wildman–Crippen LogP) is 5.64. The number of alkyl halides is 1. The molecule has 1 atom stereocenters. The van der Waals surface area contributed by atoms with Gasteiger partial charge >= 0.3 is 0 Å². The molecule has 0 saturated heterocycles. The first-order valence-corrected chi connectivity index (χ1v) is 11.4. The van der Waals surface area contributed by atoms with E-state index in [9.17, 15) is 0 Å². The first-order valence-electron chi connectivity index (χ1n) is 6.94. The van der Waals surface area contributed by atoms with Crippen molar-refractivity contribution in [3.05, 3.63) is 0 Å². The van der Waals surface area contributed by atoms with Crippen molar-refractivity contribution in [1.29, 1.82) is 0 Å².